The molecule has 0 bridgehead atoms. The molecule has 1 aromatic rings. The van der Waals surface area contributed by atoms with Crippen LogP contribution in [0.1, 0.15) is 89.1 Å². The molecule has 204 valence electrons. The van der Waals surface area contributed by atoms with Gasteiger partial charge in [-0.3, -0.25) is 4.90 Å². The third kappa shape index (κ3) is 7.91. The number of nitrogens with one attached hydrogen (secondary N) is 1. The van der Waals surface area contributed by atoms with Crippen molar-refractivity contribution >= 4 is 6.09 Å². The molecule has 3 fully saturated rings. The van der Waals surface area contributed by atoms with E-state index in [0.29, 0.717) is 18.5 Å². The lowest BCUT2D eigenvalue weighted by atomic mass is 9.82. The van der Waals surface area contributed by atoms with Crippen molar-refractivity contribution in [1.82, 2.24) is 24.9 Å². The first-order valence-electron chi connectivity index (χ1n) is 14.0. The molecule has 0 radical (unpaired) electrons. The number of hydrogen-bond donors (Lipinski definition) is 1. The zero-order valence-corrected chi connectivity index (χ0v) is 22.8. The maximum Gasteiger partial charge on any atom is 0.407 e. The van der Waals surface area contributed by atoms with E-state index >= 15 is 0 Å². The van der Waals surface area contributed by atoms with Gasteiger partial charge in [0, 0.05) is 63.1 Å². The molecule has 1 N–H and O–H groups in total. The number of likely N-dealkylation sites (N-methyl/N-ethyl adjacent to an activating group) is 1. The van der Waals surface area contributed by atoms with Crippen molar-refractivity contribution in [2.45, 2.75) is 96.1 Å². The van der Waals surface area contributed by atoms with Gasteiger partial charge < -0.3 is 24.4 Å². The maximum atomic E-state index is 12.0. The summed E-state index contributed by atoms with van der Waals surface area (Å²) in [5.41, 5.74) is 2.05. The average Bonchev–Trinajstić information content (AvgIpc) is 3.28. The monoisotopic (exact) mass is 505 g/mol. The normalized spacial score (nSPS) is 26.2. The van der Waals surface area contributed by atoms with Crippen LogP contribution in [0, 0.1) is 0 Å². The minimum absolute atomic E-state index is 0.0510. The van der Waals surface area contributed by atoms with E-state index < -0.39 is 5.60 Å². The van der Waals surface area contributed by atoms with E-state index in [2.05, 4.69) is 33.0 Å². The lowest BCUT2D eigenvalue weighted by molar-refractivity contribution is -0.0398. The zero-order valence-electron chi connectivity index (χ0n) is 22.8. The summed E-state index contributed by atoms with van der Waals surface area (Å²) in [6.45, 7) is 12.4. The van der Waals surface area contributed by atoms with Crippen LogP contribution in [0.5, 0.6) is 0 Å². The van der Waals surface area contributed by atoms with Gasteiger partial charge in [0.25, 0.3) is 0 Å². The Kier molecular flexibility index (Phi) is 9.66. The van der Waals surface area contributed by atoms with Gasteiger partial charge in [-0.05, 0) is 72.8 Å². The summed E-state index contributed by atoms with van der Waals surface area (Å²) in [7, 11) is 2.10. The van der Waals surface area contributed by atoms with E-state index in [4.69, 9.17) is 19.3 Å². The fourth-order valence-corrected chi connectivity index (χ4v) is 5.68. The summed E-state index contributed by atoms with van der Waals surface area (Å²) < 4.78 is 19.1. The van der Waals surface area contributed by atoms with Gasteiger partial charge in [-0.1, -0.05) is 0 Å². The van der Waals surface area contributed by atoms with Crippen molar-refractivity contribution in [1.29, 1.82) is 0 Å². The Morgan fingerprint density at radius 3 is 2.56 bits per heavy atom. The van der Waals surface area contributed by atoms with Gasteiger partial charge in [0.05, 0.1) is 18.9 Å². The topological polar surface area (TPSA) is 81.1 Å². The van der Waals surface area contributed by atoms with Gasteiger partial charge in [0.15, 0.2) is 0 Å². The predicted molar refractivity (Wildman–Crippen MR) is 139 cm³/mol. The molecule has 2 aliphatic heterocycles. The van der Waals surface area contributed by atoms with Crippen LogP contribution < -0.4 is 5.32 Å². The second-order valence-electron chi connectivity index (χ2n) is 11.7. The largest absolute Gasteiger partial charge is 0.444 e. The maximum absolute atomic E-state index is 12.0. The summed E-state index contributed by atoms with van der Waals surface area (Å²) in [5.74, 6) is 0.496. The molecule has 1 amide bonds. The van der Waals surface area contributed by atoms with Crippen LogP contribution in [0.4, 0.5) is 4.79 Å². The first kappa shape index (κ1) is 27.4. The zero-order chi connectivity index (χ0) is 25.5. The molecule has 9 heteroatoms. The molecule has 1 unspecified atom stereocenters. The summed E-state index contributed by atoms with van der Waals surface area (Å²) >= 11 is 0. The van der Waals surface area contributed by atoms with Gasteiger partial charge in [-0.15, -0.1) is 0 Å². The Morgan fingerprint density at radius 2 is 1.89 bits per heavy atom. The summed E-state index contributed by atoms with van der Waals surface area (Å²) in [6, 6.07) is 0.680. The third-order valence-electron chi connectivity index (χ3n) is 7.54. The smallest absolute Gasteiger partial charge is 0.407 e. The van der Waals surface area contributed by atoms with Crippen molar-refractivity contribution in [2.24, 2.45) is 0 Å². The highest BCUT2D eigenvalue weighted by atomic mass is 16.6. The van der Waals surface area contributed by atoms with Gasteiger partial charge >= 0.3 is 6.09 Å². The van der Waals surface area contributed by atoms with E-state index in [1.54, 1.807) is 0 Å². The average molecular weight is 506 g/mol. The number of ether oxygens (including phenoxy) is 3. The number of carbonyl (C=O) groups is 1. The van der Waals surface area contributed by atoms with Crippen LogP contribution >= 0.6 is 0 Å². The molecule has 2 saturated heterocycles. The molecule has 1 saturated carbocycles. The predicted octanol–water partition coefficient (Wildman–Crippen LogP) is 3.90. The van der Waals surface area contributed by atoms with E-state index in [1.165, 1.54) is 43.4 Å². The van der Waals surface area contributed by atoms with E-state index in [-0.39, 0.29) is 12.3 Å². The number of amides is 1. The summed E-state index contributed by atoms with van der Waals surface area (Å²) in [6.07, 6.45) is 10.1. The highest BCUT2D eigenvalue weighted by molar-refractivity contribution is 5.67. The molecule has 0 spiro atoms. The molecule has 4 rings (SSSR count). The number of morpholine rings is 1. The molecule has 9 nitrogen and oxygen atoms in total. The molecule has 36 heavy (non-hydrogen) atoms. The fraction of sp³-hybridized carbons (Fsp3) is 0.852. The molecule has 0 aromatic carbocycles. The molecule has 1 aromatic heterocycles. The van der Waals surface area contributed by atoms with Crippen LogP contribution in [0.2, 0.25) is 0 Å². The van der Waals surface area contributed by atoms with Crippen LogP contribution in [0.3, 0.4) is 0 Å². The second kappa shape index (κ2) is 12.7. The Balaban J connectivity index is 1.36. The Morgan fingerprint density at radius 1 is 1.14 bits per heavy atom. The van der Waals surface area contributed by atoms with Crippen molar-refractivity contribution in [3.63, 3.8) is 0 Å². The molecule has 1 aliphatic carbocycles. The number of nitrogens with zero attached hydrogens (tertiary/aromatic N) is 4. The minimum atomic E-state index is -0.485. The van der Waals surface area contributed by atoms with Gasteiger partial charge in [-0.25, -0.2) is 9.48 Å². The van der Waals surface area contributed by atoms with Crippen LogP contribution in [0.15, 0.2) is 6.20 Å². The second-order valence-corrected chi connectivity index (χ2v) is 11.7. The number of aromatic nitrogens is 2. The molecule has 3 aliphatic rings. The van der Waals surface area contributed by atoms with Gasteiger partial charge in [-0.2, -0.15) is 5.10 Å². The standard InChI is InChI=1S/C27H47N5O4/c1-27(2,3)36-26(33)28-12-13-30(4)19-22-20-32(24-7-5-6-16-35-24)29-25(22)21-8-10-23(11-9-21)31-14-17-34-18-15-31/h20-21,23-24H,5-19H2,1-4H3,(H,28,33). The van der Waals surface area contributed by atoms with Crippen LogP contribution in [0.25, 0.3) is 0 Å². The van der Waals surface area contributed by atoms with Crippen LogP contribution in [-0.2, 0) is 20.8 Å². The molecular weight excluding hydrogens is 458 g/mol. The van der Waals surface area contributed by atoms with E-state index in [0.717, 1.165) is 58.8 Å². The van der Waals surface area contributed by atoms with Gasteiger partial charge in [0.2, 0.25) is 0 Å². The first-order valence-corrected chi connectivity index (χ1v) is 14.0. The first-order chi connectivity index (χ1) is 17.3. The SMILES string of the molecule is CN(CCNC(=O)OC(C)(C)C)Cc1cn(C2CCCCO2)nc1C1CCC(N2CCOCC2)CC1. The van der Waals surface area contributed by atoms with Gasteiger partial charge in [0.1, 0.15) is 11.8 Å². The quantitative estimate of drug-likeness (QED) is 0.574. The lowest BCUT2D eigenvalue weighted by Gasteiger charge is -2.38. The highest BCUT2D eigenvalue weighted by Gasteiger charge is 2.31. The van der Waals surface area contributed by atoms with E-state index in [1.807, 2.05) is 20.8 Å². The summed E-state index contributed by atoms with van der Waals surface area (Å²) in [4.78, 5) is 16.9. The van der Waals surface area contributed by atoms with Crippen molar-refractivity contribution in [2.75, 3.05) is 53.0 Å². The summed E-state index contributed by atoms with van der Waals surface area (Å²) in [5, 5.41) is 8.01. The molecule has 3 heterocycles. The van der Waals surface area contributed by atoms with Crippen LogP contribution in [-0.4, -0.2) is 90.4 Å². The Labute approximate surface area is 216 Å². The van der Waals surface area contributed by atoms with E-state index in [9.17, 15) is 4.79 Å². The highest BCUT2D eigenvalue weighted by Crippen LogP contribution is 2.37. The number of carbonyl (C=O) groups excluding carboxylic acids is 1. The number of alkyl carbamates (subject to hydrolysis) is 1. The number of hydrogen-bond acceptors (Lipinski definition) is 7. The Hall–Kier alpha value is -1.68. The molecular formula is C27H47N5O4. The van der Waals surface area contributed by atoms with Crippen molar-refractivity contribution in [3.8, 4) is 0 Å². The lowest BCUT2D eigenvalue weighted by Crippen LogP contribution is -2.44. The van der Waals surface area contributed by atoms with Crippen molar-refractivity contribution in [3.05, 3.63) is 17.5 Å². The third-order valence-corrected chi connectivity index (χ3v) is 7.54. The Bertz CT molecular complexity index is 819. The minimum Gasteiger partial charge on any atom is -0.444 e. The van der Waals surface area contributed by atoms with Crippen molar-refractivity contribution < 1.29 is 19.0 Å². The molecule has 1 atom stereocenters. The number of rotatable bonds is 8. The fourth-order valence-electron chi connectivity index (χ4n) is 5.68.